The summed E-state index contributed by atoms with van der Waals surface area (Å²) in [5, 5.41) is 13.0. The van der Waals surface area contributed by atoms with Crippen molar-refractivity contribution in [3.63, 3.8) is 0 Å². The second-order valence-electron chi connectivity index (χ2n) is 7.68. The van der Waals surface area contributed by atoms with Gasteiger partial charge in [0.2, 0.25) is 0 Å². The number of anilines is 1. The average molecular weight is 442 g/mol. The van der Waals surface area contributed by atoms with Gasteiger partial charge >= 0.3 is 0 Å². The quantitative estimate of drug-likeness (QED) is 0.430. The molecule has 0 bridgehead atoms. The van der Waals surface area contributed by atoms with Crippen LogP contribution in [0.4, 0.5) is 5.82 Å². The molecule has 7 nitrogen and oxygen atoms in total. The molecule has 0 aliphatic carbocycles. The van der Waals surface area contributed by atoms with Gasteiger partial charge in [0.25, 0.3) is 5.91 Å². The molecule has 4 aromatic rings. The molecule has 2 aromatic heterocycles. The van der Waals surface area contributed by atoms with Crippen molar-refractivity contribution in [3.05, 3.63) is 83.9 Å². The summed E-state index contributed by atoms with van der Waals surface area (Å²) < 4.78 is 0. The van der Waals surface area contributed by atoms with E-state index in [-0.39, 0.29) is 12.5 Å². The van der Waals surface area contributed by atoms with Crippen LogP contribution < -0.4 is 10.2 Å². The highest BCUT2D eigenvalue weighted by atomic mass is 16.3. The minimum absolute atomic E-state index is 0.147. The molecule has 33 heavy (non-hydrogen) atoms. The minimum atomic E-state index is -0.205. The van der Waals surface area contributed by atoms with Crippen molar-refractivity contribution in [1.29, 1.82) is 0 Å². The van der Waals surface area contributed by atoms with Crippen LogP contribution in [0, 0.1) is 0 Å². The topological polar surface area (TPSA) is 91.2 Å². The van der Waals surface area contributed by atoms with Gasteiger partial charge in [0.1, 0.15) is 12.1 Å². The zero-order valence-corrected chi connectivity index (χ0v) is 18.8. The molecule has 2 N–H and O–H groups in total. The fourth-order valence-corrected chi connectivity index (χ4v) is 3.80. The molecule has 2 heterocycles. The van der Waals surface area contributed by atoms with Gasteiger partial charge in [0.15, 0.2) is 0 Å². The molecule has 0 saturated carbocycles. The molecular formula is C26H27N5O2. The lowest BCUT2D eigenvalue weighted by molar-refractivity contribution is 0.0950. The van der Waals surface area contributed by atoms with Crippen LogP contribution in [0.25, 0.3) is 22.0 Å². The number of rotatable bonds is 8. The van der Waals surface area contributed by atoms with Gasteiger partial charge in [-0.05, 0) is 60.9 Å². The summed E-state index contributed by atoms with van der Waals surface area (Å²) in [5.41, 5.74) is 5.04. The van der Waals surface area contributed by atoms with Crippen LogP contribution in [0.3, 0.4) is 0 Å². The van der Waals surface area contributed by atoms with E-state index in [1.54, 1.807) is 18.5 Å². The van der Waals surface area contributed by atoms with Crippen molar-refractivity contribution in [2.45, 2.75) is 27.0 Å². The zero-order chi connectivity index (χ0) is 23.2. The van der Waals surface area contributed by atoms with Crippen LogP contribution in [0.15, 0.2) is 67.1 Å². The summed E-state index contributed by atoms with van der Waals surface area (Å²) in [7, 11) is 0. The lowest BCUT2D eigenvalue weighted by atomic mass is 10.0. The van der Waals surface area contributed by atoms with Gasteiger partial charge in [-0.2, -0.15) is 0 Å². The number of pyridine rings is 1. The van der Waals surface area contributed by atoms with E-state index in [9.17, 15) is 4.79 Å². The summed E-state index contributed by atoms with van der Waals surface area (Å²) in [6.45, 7) is 6.24. The van der Waals surface area contributed by atoms with E-state index in [1.165, 1.54) is 6.20 Å². The van der Waals surface area contributed by atoms with Gasteiger partial charge in [-0.1, -0.05) is 24.3 Å². The third kappa shape index (κ3) is 4.99. The molecule has 4 rings (SSSR count). The molecule has 0 aliphatic rings. The summed E-state index contributed by atoms with van der Waals surface area (Å²) in [5.74, 6) is 0.736. The largest absolute Gasteiger partial charge is 0.390 e. The third-order valence-corrected chi connectivity index (χ3v) is 5.64. The Bertz CT molecular complexity index is 1250. The van der Waals surface area contributed by atoms with Gasteiger partial charge in [-0.15, -0.1) is 0 Å². The first-order valence-corrected chi connectivity index (χ1v) is 11.1. The molecule has 0 unspecified atom stereocenters. The van der Waals surface area contributed by atoms with Crippen molar-refractivity contribution < 1.29 is 9.90 Å². The second kappa shape index (κ2) is 10.2. The standard InChI is InChI=1S/C26H27N5O2/c1-3-31(4-2)25-23-13-20(9-11-24(23)29-17-30-25)19-7-5-6-18(12-19)14-28-26(33)21-8-10-22(16-32)27-15-21/h5-13,15,17,32H,3-4,14,16H2,1-2H3,(H,28,33). The molecule has 7 heteroatoms. The number of benzene rings is 2. The highest BCUT2D eigenvalue weighted by Gasteiger charge is 2.11. The first-order chi connectivity index (χ1) is 16.1. The van der Waals surface area contributed by atoms with Crippen LogP contribution >= 0.6 is 0 Å². The van der Waals surface area contributed by atoms with Crippen molar-refractivity contribution in [3.8, 4) is 11.1 Å². The van der Waals surface area contributed by atoms with Crippen LogP contribution in [0.2, 0.25) is 0 Å². The van der Waals surface area contributed by atoms with E-state index in [0.717, 1.165) is 46.5 Å². The number of hydrogen-bond donors (Lipinski definition) is 2. The maximum atomic E-state index is 12.4. The normalized spacial score (nSPS) is 10.9. The Labute approximate surface area is 193 Å². The number of carbonyl (C=O) groups excluding carboxylic acids is 1. The van der Waals surface area contributed by atoms with Gasteiger partial charge in [-0.25, -0.2) is 9.97 Å². The Morgan fingerprint density at radius 3 is 2.52 bits per heavy atom. The van der Waals surface area contributed by atoms with Gasteiger partial charge in [0.05, 0.1) is 23.4 Å². The number of nitrogens with one attached hydrogen (secondary N) is 1. The van der Waals surface area contributed by atoms with E-state index in [1.807, 2.05) is 18.2 Å². The van der Waals surface area contributed by atoms with Gasteiger partial charge in [-0.3, -0.25) is 9.78 Å². The van der Waals surface area contributed by atoms with Crippen LogP contribution in [0.5, 0.6) is 0 Å². The van der Waals surface area contributed by atoms with Crippen molar-refractivity contribution in [2.75, 3.05) is 18.0 Å². The van der Waals surface area contributed by atoms with Crippen molar-refractivity contribution in [1.82, 2.24) is 20.3 Å². The highest BCUT2D eigenvalue weighted by Crippen LogP contribution is 2.29. The smallest absolute Gasteiger partial charge is 0.253 e. The lowest BCUT2D eigenvalue weighted by Crippen LogP contribution is -2.23. The highest BCUT2D eigenvalue weighted by molar-refractivity contribution is 5.94. The summed E-state index contributed by atoms with van der Waals surface area (Å²) in [6, 6.07) is 17.6. The van der Waals surface area contributed by atoms with E-state index in [4.69, 9.17) is 5.11 Å². The van der Waals surface area contributed by atoms with Crippen LogP contribution in [-0.4, -0.2) is 39.1 Å². The predicted octanol–water partition coefficient (Wildman–Crippen LogP) is 3.96. The molecule has 0 saturated heterocycles. The molecular weight excluding hydrogens is 414 g/mol. The SMILES string of the molecule is CCN(CC)c1ncnc2ccc(-c3cccc(CNC(=O)c4ccc(CO)nc4)c3)cc12. The Kier molecular flexibility index (Phi) is 6.90. The van der Waals surface area contributed by atoms with E-state index < -0.39 is 0 Å². The van der Waals surface area contributed by atoms with Gasteiger partial charge in [0, 0.05) is 31.2 Å². The third-order valence-electron chi connectivity index (χ3n) is 5.64. The van der Waals surface area contributed by atoms with Crippen LogP contribution in [-0.2, 0) is 13.2 Å². The first-order valence-electron chi connectivity index (χ1n) is 11.1. The monoisotopic (exact) mass is 441 g/mol. The summed E-state index contributed by atoms with van der Waals surface area (Å²) >= 11 is 0. The molecule has 0 aliphatic heterocycles. The maximum Gasteiger partial charge on any atom is 0.253 e. The Morgan fingerprint density at radius 1 is 0.970 bits per heavy atom. The van der Waals surface area contributed by atoms with Crippen LogP contribution in [0.1, 0.15) is 35.5 Å². The number of carbonyl (C=O) groups is 1. The zero-order valence-electron chi connectivity index (χ0n) is 18.8. The molecule has 0 spiro atoms. The maximum absolute atomic E-state index is 12.4. The van der Waals surface area contributed by atoms with E-state index in [0.29, 0.717) is 17.8 Å². The van der Waals surface area contributed by atoms with Gasteiger partial charge < -0.3 is 15.3 Å². The molecule has 0 radical (unpaired) electrons. The number of amides is 1. The number of aromatic nitrogens is 3. The van der Waals surface area contributed by atoms with Crippen molar-refractivity contribution >= 4 is 22.6 Å². The van der Waals surface area contributed by atoms with Crippen molar-refractivity contribution in [2.24, 2.45) is 0 Å². The fourth-order valence-electron chi connectivity index (χ4n) is 3.80. The molecule has 2 aromatic carbocycles. The second-order valence-corrected chi connectivity index (χ2v) is 7.68. The number of fused-ring (bicyclic) bond motifs is 1. The Hall–Kier alpha value is -3.84. The minimum Gasteiger partial charge on any atom is -0.390 e. The van der Waals surface area contributed by atoms with E-state index >= 15 is 0 Å². The molecule has 1 amide bonds. The summed E-state index contributed by atoms with van der Waals surface area (Å²) in [4.78, 5) is 27.7. The predicted molar refractivity (Wildman–Crippen MR) is 130 cm³/mol. The Balaban J connectivity index is 1.55. The van der Waals surface area contributed by atoms with E-state index in [2.05, 4.69) is 63.3 Å². The number of aliphatic hydroxyl groups excluding tert-OH is 1. The molecule has 0 atom stereocenters. The first kappa shape index (κ1) is 22.4. The molecule has 0 fully saturated rings. The number of hydrogen-bond acceptors (Lipinski definition) is 6. The average Bonchev–Trinajstić information content (AvgIpc) is 2.88. The lowest BCUT2D eigenvalue weighted by Gasteiger charge is -2.21. The number of aliphatic hydroxyl groups is 1. The fraction of sp³-hybridized carbons (Fsp3) is 0.231. The number of nitrogens with zero attached hydrogens (tertiary/aromatic N) is 4. The summed E-state index contributed by atoms with van der Waals surface area (Å²) in [6.07, 6.45) is 3.09. The molecule has 168 valence electrons. The Morgan fingerprint density at radius 2 is 1.79 bits per heavy atom.